The van der Waals surface area contributed by atoms with Crippen molar-refractivity contribution >= 4 is 16.1 Å². The molecule has 0 radical (unpaired) electrons. The highest BCUT2D eigenvalue weighted by molar-refractivity contribution is 7.89. The lowest BCUT2D eigenvalue weighted by atomic mass is 9.96. The molecule has 2 N–H and O–H groups in total. The summed E-state index contributed by atoms with van der Waals surface area (Å²) in [7, 11) is -0.639. The molecular formula is C31H41N3O6S. The lowest BCUT2D eigenvalue weighted by Crippen LogP contribution is -2.52. The molecule has 0 unspecified atom stereocenters. The molecule has 3 atom stereocenters. The Kier molecular flexibility index (Phi) is 10.2. The Morgan fingerprint density at radius 1 is 1.15 bits per heavy atom. The SMILES string of the molecule is COc1ccc(C#Cc2ccc3c(c2)O[C@H](CN(C)C(=O)NC2CCCCC2)[C@H](C)CN([C@@H](C)CO)S3(=O)=O)cc1. The van der Waals surface area contributed by atoms with E-state index >= 15 is 0 Å². The quantitative estimate of drug-likeness (QED) is 0.501. The van der Waals surface area contributed by atoms with Gasteiger partial charge in [0.05, 0.1) is 20.3 Å². The van der Waals surface area contributed by atoms with E-state index in [0.29, 0.717) is 5.56 Å². The molecule has 0 spiro atoms. The minimum absolute atomic E-state index is 0.0130. The largest absolute Gasteiger partial charge is 0.497 e. The molecule has 1 aliphatic carbocycles. The molecule has 1 aliphatic heterocycles. The smallest absolute Gasteiger partial charge is 0.317 e. The zero-order valence-corrected chi connectivity index (χ0v) is 25.1. The first-order chi connectivity index (χ1) is 19.6. The van der Waals surface area contributed by atoms with E-state index in [9.17, 15) is 18.3 Å². The lowest BCUT2D eigenvalue weighted by Gasteiger charge is -2.37. The van der Waals surface area contributed by atoms with Gasteiger partial charge in [0.15, 0.2) is 0 Å². The highest BCUT2D eigenvalue weighted by atomic mass is 32.2. The van der Waals surface area contributed by atoms with E-state index in [4.69, 9.17) is 9.47 Å². The molecule has 10 heteroatoms. The number of nitrogens with zero attached hydrogens (tertiary/aromatic N) is 2. The number of hydrogen-bond donors (Lipinski definition) is 2. The van der Waals surface area contributed by atoms with Crippen LogP contribution in [0, 0.1) is 17.8 Å². The van der Waals surface area contributed by atoms with E-state index in [-0.39, 0.29) is 48.3 Å². The maximum Gasteiger partial charge on any atom is 0.317 e. The number of fused-ring (bicyclic) bond motifs is 1. The third-order valence-electron chi connectivity index (χ3n) is 7.84. The van der Waals surface area contributed by atoms with Gasteiger partial charge in [-0.25, -0.2) is 13.2 Å². The van der Waals surface area contributed by atoms with Crippen molar-refractivity contribution in [1.82, 2.24) is 14.5 Å². The fourth-order valence-corrected chi connectivity index (χ4v) is 7.05. The molecule has 2 aromatic carbocycles. The molecule has 2 aromatic rings. The van der Waals surface area contributed by atoms with Crippen LogP contribution >= 0.6 is 0 Å². The van der Waals surface area contributed by atoms with Crippen LogP contribution < -0.4 is 14.8 Å². The van der Waals surface area contributed by atoms with Crippen molar-refractivity contribution in [3.63, 3.8) is 0 Å². The Bertz CT molecular complexity index is 1360. The molecule has 0 aromatic heterocycles. The van der Waals surface area contributed by atoms with E-state index in [0.717, 1.165) is 37.0 Å². The molecule has 1 heterocycles. The first-order valence-corrected chi connectivity index (χ1v) is 15.7. The topological polar surface area (TPSA) is 108 Å². The van der Waals surface area contributed by atoms with E-state index in [1.165, 1.54) is 16.8 Å². The molecule has 1 saturated carbocycles. The summed E-state index contributed by atoms with van der Waals surface area (Å²) in [5, 5.41) is 13.0. The number of ether oxygens (including phenoxy) is 2. The van der Waals surface area contributed by atoms with Crippen molar-refractivity contribution < 1.29 is 27.8 Å². The predicted molar refractivity (Wildman–Crippen MR) is 157 cm³/mol. The molecule has 4 rings (SSSR count). The normalized spacial score (nSPS) is 21.6. The number of nitrogens with one attached hydrogen (secondary N) is 1. The van der Waals surface area contributed by atoms with Crippen LogP contribution in [0.3, 0.4) is 0 Å². The van der Waals surface area contributed by atoms with Crippen molar-refractivity contribution in [2.24, 2.45) is 5.92 Å². The Morgan fingerprint density at radius 2 is 1.80 bits per heavy atom. The number of methoxy groups -OCH3 is 1. The first-order valence-electron chi connectivity index (χ1n) is 14.2. The second-order valence-corrected chi connectivity index (χ2v) is 12.9. The molecular weight excluding hydrogens is 542 g/mol. The minimum Gasteiger partial charge on any atom is -0.497 e. The third-order valence-corrected chi connectivity index (χ3v) is 9.86. The maximum atomic E-state index is 13.7. The van der Waals surface area contributed by atoms with Crippen LogP contribution in [0.25, 0.3) is 0 Å². The summed E-state index contributed by atoms with van der Waals surface area (Å²) in [6.07, 6.45) is 4.90. The molecule has 2 amide bonds. The van der Waals surface area contributed by atoms with Gasteiger partial charge < -0.3 is 24.8 Å². The predicted octanol–water partition coefficient (Wildman–Crippen LogP) is 3.84. The van der Waals surface area contributed by atoms with E-state index in [1.54, 1.807) is 38.1 Å². The number of rotatable bonds is 6. The average Bonchev–Trinajstić information content (AvgIpc) is 2.98. The van der Waals surface area contributed by atoms with Gasteiger partial charge in [0.2, 0.25) is 10.0 Å². The highest BCUT2D eigenvalue weighted by Crippen LogP contribution is 2.34. The van der Waals surface area contributed by atoms with Gasteiger partial charge in [0.1, 0.15) is 22.5 Å². The van der Waals surface area contributed by atoms with Gasteiger partial charge in [-0.15, -0.1) is 0 Å². The van der Waals surface area contributed by atoms with Crippen LogP contribution in [0.4, 0.5) is 4.79 Å². The Hall–Kier alpha value is -3.26. The summed E-state index contributed by atoms with van der Waals surface area (Å²) in [6, 6.07) is 11.5. The van der Waals surface area contributed by atoms with E-state index < -0.39 is 22.2 Å². The number of carbonyl (C=O) groups excluding carboxylic acids is 1. The molecule has 0 bridgehead atoms. The molecule has 222 valence electrons. The third kappa shape index (κ3) is 7.53. The van der Waals surface area contributed by atoms with Crippen molar-refractivity contribution in [3.05, 3.63) is 53.6 Å². The Balaban J connectivity index is 1.63. The van der Waals surface area contributed by atoms with Crippen molar-refractivity contribution in [1.29, 1.82) is 0 Å². The van der Waals surface area contributed by atoms with Gasteiger partial charge in [-0.1, -0.05) is 38.0 Å². The summed E-state index contributed by atoms with van der Waals surface area (Å²) < 4.78 is 40.4. The molecule has 1 fully saturated rings. The van der Waals surface area contributed by atoms with Crippen LogP contribution in [-0.2, 0) is 10.0 Å². The first kappa shape index (κ1) is 30.7. The standard InChI is InChI=1S/C31H41N3O6S/c1-22-19-34(23(2)21-35)41(37,38)30-17-14-25(11-10-24-12-15-27(39-4)16-13-24)18-28(30)40-29(22)20-33(3)31(36)32-26-8-6-5-7-9-26/h12-18,22-23,26,29,35H,5-9,19-21H2,1-4H3,(H,32,36)/t22-,23+,29-/m1/s1. The summed E-state index contributed by atoms with van der Waals surface area (Å²) in [6.45, 7) is 3.68. The van der Waals surface area contributed by atoms with Crippen molar-refractivity contribution in [2.75, 3.05) is 33.9 Å². The van der Waals surface area contributed by atoms with Gasteiger partial charge >= 0.3 is 6.03 Å². The maximum absolute atomic E-state index is 13.7. The summed E-state index contributed by atoms with van der Waals surface area (Å²) >= 11 is 0. The number of benzene rings is 2. The van der Waals surface area contributed by atoms with E-state index in [2.05, 4.69) is 17.2 Å². The van der Waals surface area contributed by atoms with Crippen molar-refractivity contribution in [3.8, 4) is 23.3 Å². The van der Waals surface area contributed by atoms with Gasteiger partial charge in [-0.05, 0) is 62.2 Å². The van der Waals surface area contributed by atoms with Gasteiger partial charge in [0.25, 0.3) is 0 Å². The lowest BCUT2D eigenvalue weighted by molar-refractivity contribution is 0.0806. The second kappa shape index (κ2) is 13.6. The van der Waals surface area contributed by atoms with Crippen LogP contribution in [0.5, 0.6) is 11.5 Å². The van der Waals surface area contributed by atoms with Gasteiger partial charge in [-0.3, -0.25) is 0 Å². The zero-order chi connectivity index (χ0) is 29.6. The number of aliphatic hydroxyl groups excluding tert-OH is 1. The highest BCUT2D eigenvalue weighted by Gasteiger charge is 2.38. The average molecular weight is 584 g/mol. The number of sulfonamides is 1. The number of carbonyl (C=O) groups is 1. The van der Waals surface area contributed by atoms with Gasteiger partial charge in [-0.2, -0.15) is 4.31 Å². The fourth-order valence-electron chi connectivity index (χ4n) is 5.22. The minimum atomic E-state index is -3.97. The van der Waals surface area contributed by atoms with Crippen molar-refractivity contribution in [2.45, 2.75) is 69.0 Å². The molecule has 9 nitrogen and oxygen atoms in total. The fraction of sp³-hybridized carbons (Fsp3) is 0.516. The van der Waals surface area contributed by atoms with Crippen LogP contribution in [0.1, 0.15) is 57.1 Å². The summed E-state index contributed by atoms with van der Waals surface area (Å²) in [5.74, 6) is 6.83. The number of likely N-dealkylation sites (N-methyl/N-ethyl adjacent to an activating group) is 1. The monoisotopic (exact) mass is 583 g/mol. The number of urea groups is 1. The molecule has 41 heavy (non-hydrogen) atoms. The van der Waals surface area contributed by atoms with Crippen LogP contribution in [-0.4, -0.2) is 80.8 Å². The van der Waals surface area contributed by atoms with Crippen LogP contribution in [0.15, 0.2) is 47.4 Å². The number of aliphatic hydroxyl groups is 1. The molecule has 2 aliphatic rings. The van der Waals surface area contributed by atoms with E-state index in [1.807, 2.05) is 31.2 Å². The van der Waals surface area contributed by atoms with Gasteiger partial charge in [0, 0.05) is 42.7 Å². The summed E-state index contributed by atoms with van der Waals surface area (Å²) in [4.78, 5) is 14.6. The number of amides is 2. The summed E-state index contributed by atoms with van der Waals surface area (Å²) in [5.41, 5.74) is 1.37. The van der Waals surface area contributed by atoms with Crippen LogP contribution in [0.2, 0.25) is 0 Å². The zero-order valence-electron chi connectivity index (χ0n) is 24.3. The Labute approximate surface area is 243 Å². The molecule has 0 saturated heterocycles. The second-order valence-electron chi connectivity index (χ2n) is 11.0. The number of hydrogen-bond acceptors (Lipinski definition) is 6. The Morgan fingerprint density at radius 3 is 2.46 bits per heavy atom.